The number of hydrogen-bond acceptors (Lipinski definition) is 5. The minimum atomic E-state index is -1.50. The maximum Gasteiger partial charge on any atom is 0.259 e. The number of rotatable bonds is 5. The summed E-state index contributed by atoms with van der Waals surface area (Å²) < 4.78 is 5.36. The van der Waals surface area contributed by atoms with Crippen molar-refractivity contribution in [3.63, 3.8) is 0 Å². The molecule has 2 amide bonds. The summed E-state index contributed by atoms with van der Waals surface area (Å²) in [6.45, 7) is 6.48. The lowest BCUT2D eigenvalue weighted by Crippen LogP contribution is -2.19. The van der Waals surface area contributed by atoms with Gasteiger partial charge in [-0.1, -0.05) is 31.6 Å². The molecular weight excluding hydrogens is 444 g/mol. The van der Waals surface area contributed by atoms with Crippen LogP contribution in [-0.2, 0) is 0 Å². The molecule has 0 unspecified atom stereocenters. The second-order valence-electron chi connectivity index (χ2n) is 8.41. The van der Waals surface area contributed by atoms with Crippen molar-refractivity contribution < 1.29 is 14.3 Å². The first-order valence-electron chi connectivity index (χ1n) is 10.5. The Hall–Kier alpha value is -4.40. The lowest BCUT2D eigenvalue weighted by molar-refractivity contribution is 0.102. The van der Waals surface area contributed by atoms with Crippen molar-refractivity contribution in [2.75, 3.05) is 17.7 Å². The summed E-state index contributed by atoms with van der Waals surface area (Å²) in [5, 5.41) is 14.4. The van der Waals surface area contributed by atoms with Gasteiger partial charge in [0, 0.05) is 17.3 Å². The van der Waals surface area contributed by atoms with E-state index < -0.39 is 19.9 Å². The zero-order valence-corrected chi connectivity index (χ0v) is 20.4. The van der Waals surface area contributed by atoms with Gasteiger partial charge in [-0.15, -0.1) is 5.54 Å². The Balaban J connectivity index is 1.82. The molecule has 8 heteroatoms. The van der Waals surface area contributed by atoms with Crippen LogP contribution in [-0.4, -0.2) is 32.0 Å². The van der Waals surface area contributed by atoms with Crippen molar-refractivity contribution in [1.82, 2.24) is 4.98 Å². The van der Waals surface area contributed by atoms with E-state index in [1.807, 2.05) is 6.07 Å². The third kappa shape index (κ3) is 6.32. The van der Waals surface area contributed by atoms with E-state index in [-0.39, 0.29) is 11.3 Å². The average Bonchev–Trinajstić information content (AvgIpc) is 2.83. The monoisotopic (exact) mass is 468 g/mol. The number of amides is 2. The topological polar surface area (TPSA) is 104 Å². The van der Waals surface area contributed by atoms with Gasteiger partial charge in [0.2, 0.25) is 0 Å². The number of methoxy groups -OCH3 is 1. The van der Waals surface area contributed by atoms with E-state index in [0.29, 0.717) is 22.7 Å². The molecule has 2 aromatic carbocycles. The summed E-state index contributed by atoms with van der Waals surface area (Å²) in [6, 6.07) is 16.6. The van der Waals surface area contributed by atoms with E-state index >= 15 is 0 Å². The Bertz CT molecular complexity index is 1310. The Morgan fingerprint density at radius 1 is 0.941 bits per heavy atom. The molecule has 0 radical (unpaired) electrons. The first-order valence-corrected chi connectivity index (χ1v) is 14.0. The molecule has 34 heavy (non-hydrogen) atoms. The smallest absolute Gasteiger partial charge is 0.259 e. The number of ether oxygens (including phenoxy) is 1. The number of carbonyl (C=O) groups excluding carboxylic acids is 2. The minimum absolute atomic E-state index is 0.214. The van der Waals surface area contributed by atoms with Crippen molar-refractivity contribution in [3.8, 4) is 23.3 Å². The molecule has 0 aliphatic carbocycles. The number of carbonyl (C=O) groups is 2. The molecule has 0 aliphatic rings. The van der Waals surface area contributed by atoms with E-state index in [4.69, 9.17) is 10.00 Å². The quantitative estimate of drug-likeness (QED) is 0.417. The highest BCUT2D eigenvalue weighted by Gasteiger charge is 2.19. The third-order valence-corrected chi connectivity index (χ3v) is 5.47. The van der Waals surface area contributed by atoms with Crippen LogP contribution in [0.5, 0.6) is 5.75 Å². The van der Waals surface area contributed by atoms with Crippen LogP contribution in [0.2, 0.25) is 19.6 Å². The lowest BCUT2D eigenvalue weighted by Gasteiger charge is -2.15. The zero-order valence-electron chi connectivity index (χ0n) is 19.4. The molecular formula is C26H24N4O3Si. The Morgan fingerprint density at radius 2 is 1.65 bits per heavy atom. The molecule has 3 aromatic rings. The van der Waals surface area contributed by atoms with E-state index in [9.17, 15) is 9.59 Å². The van der Waals surface area contributed by atoms with Gasteiger partial charge < -0.3 is 15.4 Å². The highest BCUT2D eigenvalue weighted by atomic mass is 28.3. The van der Waals surface area contributed by atoms with Crippen LogP contribution in [0.4, 0.5) is 11.5 Å². The molecule has 1 heterocycles. The van der Waals surface area contributed by atoms with Crippen molar-refractivity contribution >= 4 is 31.4 Å². The summed E-state index contributed by atoms with van der Waals surface area (Å²) in [7, 11) is -0.0471. The van der Waals surface area contributed by atoms with Gasteiger partial charge in [-0.05, 0) is 48.5 Å². The predicted octanol–water partition coefficient (Wildman–Crippen LogP) is 4.70. The maximum atomic E-state index is 13.0. The highest BCUT2D eigenvalue weighted by molar-refractivity contribution is 6.83. The number of hydrogen-bond donors (Lipinski definition) is 2. The van der Waals surface area contributed by atoms with Crippen molar-refractivity contribution in [3.05, 3.63) is 83.0 Å². The van der Waals surface area contributed by atoms with Crippen LogP contribution in [0.25, 0.3) is 0 Å². The molecule has 0 saturated carbocycles. The van der Waals surface area contributed by atoms with Crippen LogP contribution in [0.15, 0.2) is 60.8 Å². The molecule has 0 fully saturated rings. The van der Waals surface area contributed by atoms with Crippen molar-refractivity contribution in [1.29, 1.82) is 5.26 Å². The van der Waals surface area contributed by atoms with Gasteiger partial charge in [-0.2, -0.15) is 5.26 Å². The molecule has 1 aromatic heterocycles. The SMILES string of the molecule is COc1cccc(C(=O)Nc2ccc(C#C[Si](C)(C)C)cn2)c1NC(=O)c1ccc(C#N)cc1. The Kier molecular flexibility index (Phi) is 7.47. The van der Waals surface area contributed by atoms with Gasteiger partial charge in [0.05, 0.1) is 30.0 Å². The molecule has 0 saturated heterocycles. The zero-order chi connectivity index (χ0) is 24.7. The predicted molar refractivity (Wildman–Crippen MR) is 135 cm³/mol. The molecule has 0 aliphatic heterocycles. The maximum absolute atomic E-state index is 13.0. The highest BCUT2D eigenvalue weighted by Crippen LogP contribution is 2.29. The minimum Gasteiger partial charge on any atom is -0.495 e. The van der Waals surface area contributed by atoms with Gasteiger partial charge in [0.15, 0.2) is 0 Å². The number of aromatic nitrogens is 1. The van der Waals surface area contributed by atoms with E-state index in [1.54, 1.807) is 60.8 Å². The van der Waals surface area contributed by atoms with Gasteiger partial charge in [-0.25, -0.2) is 4.98 Å². The van der Waals surface area contributed by atoms with Crippen molar-refractivity contribution in [2.24, 2.45) is 0 Å². The van der Waals surface area contributed by atoms with Gasteiger partial charge in [0.25, 0.3) is 11.8 Å². The Morgan fingerprint density at radius 3 is 2.24 bits per heavy atom. The molecule has 0 spiro atoms. The number of para-hydroxylation sites is 1. The number of nitrogens with one attached hydrogen (secondary N) is 2. The van der Waals surface area contributed by atoms with E-state index in [1.165, 1.54) is 7.11 Å². The average molecular weight is 469 g/mol. The summed E-state index contributed by atoms with van der Waals surface area (Å²) in [4.78, 5) is 30.1. The largest absolute Gasteiger partial charge is 0.495 e. The fraction of sp³-hybridized carbons (Fsp3) is 0.154. The third-order valence-electron chi connectivity index (χ3n) is 4.59. The second-order valence-corrected chi connectivity index (χ2v) is 13.2. The van der Waals surface area contributed by atoms with E-state index in [2.05, 4.69) is 46.7 Å². The van der Waals surface area contributed by atoms with Crippen LogP contribution >= 0.6 is 0 Å². The van der Waals surface area contributed by atoms with E-state index in [0.717, 1.165) is 5.56 Å². The van der Waals surface area contributed by atoms with Crippen molar-refractivity contribution in [2.45, 2.75) is 19.6 Å². The summed E-state index contributed by atoms with van der Waals surface area (Å²) in [5.74, 6) is 2.92. The number of anilines is 2. The Labute approximate surface area is 199 Å². The van der Waals surface area contributed by atoms with Gasteiger partial charge >= 0.3 is 0 Å². The van der Waals surface area contributed by atoms with Crippen LogP contribution < -0.4 is 15.4 Å². The first-order chi connectivity index (χ1) is 16.2. The summed E-state index contributed by atoms with van der Waals surface area (Å²) >= 11 is 0. The fourth-order valence-corrected chi connectivity index (χ4v) is 3.41. The number of pyridine rings is 1. The number of nitrogens with zero attached hydrogens (tertiary/aromatic N) is 2. The van der Waals surface area contributed by atoms with Crippen LogP contribution in [0, 0.1) is 22.8 Å². The summed E-state index contributed by atoms with van der Waals surface area (Å²) in [6.07, 6.45) is 1.61. The molecule has 0 bridgehead atoms. The molecule has 0 atom stereocenters. The normalized spacial score (nSPS) is 10.3. The number of benzene rings is 2. The molecule has 2 N–H and O–H groups in total. The van der Waals surface area contributed by atoms with Crippen LogP contribution in [0.3, 0.4) is 0 Å². The summed E-state index contributed by atoms with van der Waals surface area (Å²) in [5.41, 5.74) is 5.28. The number of nitriles is 1. The fourth-order valence-electron chi connectivity index (χ4n) is 2.89. The molecule has 170 valence electrons. The first kappa shape index (κ1) is 24.2. The second kappa shape index (κ2) is 10.5. The van der Waals surface area contributed by atoms with Gasteiger partial charge in [-0.3, -0.25) is 9.59 Å². The molecule has 3 rings (SSSR count). The molecule has 7 nitrogen and oxygen atoms in total. The lowest BCUT2D eigenvalue weighted by atomic mass is 10.1. The van der Waals surface area contributed by atoms with Crippen LogP contribution in [0.1, 0.15) is 31.8 Å². The standard InChI is InChI=1S/C26H24N4O3Si/c1-33-22-7-5-6-21(24(22)30-25(31)20-11-8-18(16-27)9-12-20)26(32)29-23-13-10-19(17-28-23)14-15-34(2,3)4/h5-13,17H,1-4H3,(H,30,31)(H,28,29,32). The van der Waals surface area contributed by atoms with Gasteiger partial charge in [0.1, 0.15) is 19.6 Å².